The summed E-state index contributed by atoms with van der Waals surface area (Å²) in [6.07, 6.45) is -3.30. The molecular formula is C15H33O12P3. The summed E-state index contributed by atoms with van der Waals surface area (Å²) < 4.78 is 84.5. The fourth-order valence-corrected chi connectivity index (χ4v) is 5.95. The number of phosphoric ester groups is 3. The van der Waals surface area contributed by atoms with E-state index < -0.39 is 41.8 Å². The number of hydrogen-bond acceptors (Lipinski definition) is 12. The van der Waals surface area contributed by atoms with Crippen LogP contribution < -0.4 is 0 Å². The highest BCUT2D eigenvalue weighted by atomic mass is 31.2. The van der Waals surface area contributed by atoms with Crippen LogP contribution >= 0.6 is 23.5 Å². The van der Waals surface area contributed by atoms with Gasteiger partial charge < -0.3 is 0 Å². The second-order valence-corrected chi connectivity index (χ2v) is 12.2. The van der Waals surface area contributed by atoms with Gasteiger partial charge in [0.25, 0.3) is 0 Å². The molecule has 12 nitrogen and oxygen atoms in total. The van der Waals surface area contributed by atoms with Crippen molar-refractivity contribution in [3.63, 3.8) is 0 Å². The first kappa shape index (κ1) is 28.4. The molecule has 1 rings (SSSR count). The van der Waals surface area contributed by atoms with E-state index in [2.05, 4.69) is 0 Å². The highest BCUT2D eigenvalue weighted by Crippen LogP contribution is 2.59. The van der Waals surface area contributed by atoms with Gasteiger partial charge in [0.15, 0.2) is 0 Å². The largest absolute Gasteiger partial charge is 0.474 e. The molecule has 180 valence electrons. The Hall–Kier alpha value is 0.330. The molecule has 0 aliphatic heterocycles. The van der Waals surface area contributed by atoms with Gasteiger partial charge in [0.05, 0.1) is 0 Å². The van der Waals surface area contributed by atoms with Crippen LogP contribution in [0.4, 0.5) is 0 Å². The number of hydrogen-bond donors (Lipinski definition) is 0. The maximum atomic E-state index is 12.8. The molecule has 30 heavy (non-hydrogen) atoms. The summed E-state index contributed by atoms with van der Waals surface area (Å²) in [6, 6.07) is 0. The fraction of sp³-hybridized carbons (Fsp3) is 1.00. The standard InChI is InChI=1S/C15H33O12P3/c1-10-11(2)13(25-28(16,19-4)20-5)15(27-30(18,23-8)24-9)14(12(10)3)26-29(17,21-6)22-7/h10-15H,1-9H3/t10?,11-,12-,13?,14?,15?/m1/s1. The molecule has 0 aromatic carbocycles. The maximum absolute atomic E-state index is 12.8. The van der Waals surface area contributed by atoms with Crippen molar-refractivity contribution in [2.45, 2.75) is 39.1 Å². The lowest BCUT2D eigenvalue weighted by Crippen LogP contribution is -2.55. The molecule has 1 aliphatic carbocycles. The molecule has 0 heterocycles. The van der Waals surface area contributed by atoms with Gasteiger partial charge in [-0.15, -0.1) is 0 Å². The molecule has 0 radical (unpaired) electrons. The Kier molecular flexibility index (Phi) is 10.8. The zero-order valence-electron chi connectivity index (χ0n) is 18.7. The van der Waals surface area contributed by atoms with Crippen molar-refractivity contribution in [1.29, 1.82) is 0 Å². The molecule has 0 bridgehead atoms. The average Bonchev–Trinajstić information content (AvgIpc) is 2.77. The molecule has 0 aromatic rings. The minimum absolute atomic E-state index is 0.117. The Labute approximate surface area is 178 Å². The molecule has 2 unspecified atom stereocenters. The summed E-state index contributed by atoms with van der Waals surface area (Å²) in [7, 11) is -5.12. The van der Waals surface area contributed by atoms with E-state index in [1.54, 1.807) is 0 Å². The molecule has 0 spiro atoms. The second-order valence-electron chi connectivity index (χ2n) is 6.72. The lowest BCUT2D eigenvalue weighted by atomic mass is 9.70. The van der Waals surface area contributed by atoms with Crippen LogP contribution in [0, 0.1) is 17.8 Å². The molecule has 0 N–H and O–H groups in total. The van der Waals surface area contributed by atoms with Crippen LogP contribution in [0.15, 0.2) is 0 Å². The first-order valence-corrected chi connectivity index (χ1v) is 13.5. The zero-order valence-corrected chi connectivity index (χ0v) is 21.4. The molecule has 15 heteroatoms. The van der Waals surface area contributed by atoms with Gasteiger partial charge in [-0.05, 0) is 17.8 Å². The van der Waals surface area contributed by atoms with Gasteiger partial charge in [-0.3, -0.25) is 40.7 Å². The predicted octanol–water partition coefficient (Wildman–Crippen LogP) is 4.27. The van der Waals surface area contributed by atoms with Crippen molar-refractivity contribution in [2.24, 2.45) is 17.8 Å². The third kappa shape index (κ3) is 6.44. The van der Waals surface area contributed by atoms with Crippen molar-refractivity contribution < 1.29 is 54.4 Å². The van der Waals surface area contributed by atoms with Gasteiger partial charge in [-0.1, -0.05) is 20.8 Å². The van der Waals surface area contributed by atoms with Gasteiger partial charge in [0, 0.05) is 42.7 Å². The van der Waals surface area contributed by atoms with Crippen LogP contribution in [0.25, 0.3) is 0 Å². The van der Waals surface area contributed by atoms with Crippen LogP contribution in [0.2, 0.25) is 0 Å². The van der Waals surface area contributed by atoms with Gasteiger partial charge in [-0.2, -0.15) is 0 Å². The SMILES string of the molecule is COP(=O)(OC)OC1C(OP(=O)(OC)OC)[C@H](C)C(C)[C@@H](C)C1OP(=O)(OC)OC. The Balaban J connectivity index is 3.51. The summed E-state index contributed by atoms with van der Waals surface area (Å²) in [4.78, 5) is 0. The smallest absolute Gasteiger partial charge is 0.290 e. The summed E-state index contributed by atoms with van der Waals surface area (Å²) in [6.45, 7) is 5.55. The summed E-state index contributed by atoms with van der Waals surface area (Å²) >= 11 is 0. The van der Waals surface area contributed by atoms with E-state index in [-0.39, 0.29) is 17.8 Å². The minimum Gasteiger partial charge on any atom is -0.290 e. The lowest BCUT2D eigenvalue weighted by molar-refractivity contribution is -0.139. The Morgan fingerprint density at radius 3 is 0.900 bits per heavy atom. The lowest BCUT2D eigenvalue weighted by Gasteiger charge is -2.48. The average molecular weight is 498 g/mol. The maximum Gasteiger partial charge on any atom is 0.474 e. The third-order valence-electron chi connectivity index (χ3n) is 5.44. The van der Waals surface area contributed by atoms with Crippen molar-refractivity contribution in [1.82, 2.24) is 0 Å². The topological polar surface area (TPSA) is 134 Å². The van der Waals surface area contributed by atoms with E-state index in [1.165, 1.54) is 0 Å². The quantitative estimate of drug-likeness (QED) is 0.356. The highest BCUT2D eigenvalue weighted by molar-refractivity contribution is 7.49. The highest BCUT2D eigenvalue weighted by Gasteiger charge is 2.54. The number of phosphoric acid groups is 3. The third-order valence-corrected chi connectivity index (χ3v) is 9.62. The summed E-state index contributed by atoms with van der Waals surface area (Å²) in [5, 5.41) is 0. The van der Waals surface area contributed by atoms with E-state index in [1.807, 2.05) is 20.8 Å². The van der Waals surface area contributed by atoms with Crippen LogP contribution in [0.5, 0.6) is 0 Å². The Morgan fingerprint density at radius 1 is 0.433 bits per heavy atom. The van der Waals surface area contributed by atoms with Crippen LogP contribution in [-0.4, -0.2) is 61.0 Å². The Morgan fingerprint density at radius 2 is 0.667 bits per heavy atom. The molecule has 1 fully saturated rings. The van der Waals surface area contributed by atoms with E-state index in [9.17, 15) is 13.7 Å². The van der Waals surface area contributed by atoms with E-state index in [4.69, 9.17) is 40.7 Å². The second kappa shape index (κ2) is 11.5. The normalized spacial score (nSPS) is 31.1. The molecule has 1 saturated carbocycles. The summed E-state index contributed by atoms with van der Waals surface area (Å²) in [5.41, 5.74) is 0. The molecule has 0 aromatic heterocycles. The number of rotatable bonds is 12. The van der Waals surface area contributed by atoms with Gasteiger partial charge in [0.2, 0.25) is 0 Å². The van der Waals surface area contributed by atoms with Crippen LogP contribution in [0.3, 0.4) is 0 Å². The van der Waals surface area contributed by atoms with Crippen LogP contribution in [0.1, 0.15) is 20.8 Å². The van der Waals surface area contributed by atoms with E-state index in [0.717, 1.165) is 42.7 Å². The van der Waals surface area contributed by atoms with Gasteiger partial charge >= 0.3 is 23.5 Å². The monoisotopic (exact) mass is 498 g/mol. The molecule has 1 aliphatic rings. The first-order valence-electron chi connectivity index (χ1n) is 9.08. The van der Waals surface area contributed by atoms with Gasteiger partial charge in [-0.25, -0.2) is 13.7 Å². The molecular weight excluding hydrogens is 465 g/mol. The molecule has 0 amide bonds. The zero-order chi connectivity index (χ0) is 23.3. The van der Waals surface area contributed by atoms with Crippen molar-refractivity contribution in [2.75, 3.05) is 42.7 Å². The van der Waals surface area contributed by atoms with Gasteiger partial charge in [0.1, 0.15) is 18.3 Å². The van der Waals surface area contributed by atoms with Crippen LogP contribution in [-0.2, 0) is 54.4 Å². The fourth-order valence-electron chi connectivity index (χ4n) is 3.22. The molecule has 0 saturated heterocycles. The Bertz CT molecular complexity index is 622. The summed E-state index contributed by atoms with van der Waals surface area (Å²) in [5.74, 6) is -0.737. The first-order chi connectivity index (χ1) is 13.9. The van der Waals surface area contributed by atoms with Crippen molar-refractivity contribution in [3.05, 3.63) is 0 Å². The minimum atomic E-state index is -4.06. The van der Waals surface area contributed by atoms with Crippen molar-refractivity contribution >= 4 is 23.5 Å². The predicted molar refractivity (Wildman–Crippen MR) is 107 cm³/mol. The van der Waals surface area contributed by atoms with Crippen molar-refractivity contribution in [3.8, 4) is 0 Å². The van der Waals surface area contributed by atoms with E-state index >= 15 is 0 Å². The molecule has 4 atom stereocenters. The van der Waals surface area contributed by atoms with E-state index in [0.29, 0.717) is 0 Å².